The van der Waals surface area contributed by atoms with Crippen molar-refractivity contribution in [2.75, 3.05) is 0 Å². The van der Waals surface area contributed by atoms with E-state index in [0.717, 1.165) is 25.5 Å². The summed E-state index contributed by atoms with van der Waals surface area (Å²) in [5, 5.41) is 1.71. The molecular weight excluding hydrogens is 346 g/mol. The molecular formula is C21H15NOS2. The molecule has 4 rings (SSSR count). The molecule has 0 saturated heterocycles. The monoisotopic (exact) mass is 361 g/mol. The van der Waals surface area contributed by atoms with Gasteiger partial charge in [0.2, 0.25) is 5.89 Å². The number of hydrogen-bond donors (Lipinski definition) is 0. The lowest BCUT2D eigenvalue weighted by molar-refractivity contribution is 0.474. The van der Waals surface area contributed by atoms with Crippen LogP contribution in [0.5, 0.6) is 0 Å². The van der Waals surface area contributed by atoms with Crippen LogP contribution in [0.3, 0.4) is 0 Å². The number of hydrogen-bond acceptors (Lipinski definition) is 4. The normalized spacial score (nSPS) is 10.7. The van der Waals surface area contributed by atoms with Gasteiger partial charge in [-0.25, -0.2) is 4.98 Å². The van der Waals surface area contributed by atoms with Gasteiger partial charge < -0.3 is 4.42 Å². The average molecular weight is 361 g/mol. The standard InChI is InChI=1S/C21H15NOS2/c1-4-10-16(11-5-1)19-22-20(24-17-12-6-2-7-13-17)21(23-19)25-18-14-8-3-9-15-18/h1-15H. The molecule has 0 amide bonds. The number of rotatable bonds is 5. The molecule has 1 aromatic heterocycles. The van der Waals surface area contributed by atoms with Crippen molar-refractivity contribution in [2.24, 2.45) is 0 Å². The first-order valence-corrected chi connectivity index (χ1v) is 9.54. The summed E-state index contributed by atoms with van der Waals surface area (Å²) in [5.74, 6) is 0.650. The second-order valence-corrected chi connectivity index (χ2v) is 7.42. The van der Waals surface area contributed by atoms with E-state index in [2.05, 4.69) is 24.3 Å². The van der Waals surface area contributed by atoms with Gasteiger partial charge in [0.1, 0.15) is 0 Å². The van der Waals surface area contributed by atoms with E-state index < -0.39 is 0 Å². The molecule has 0 aliphatic carbocycles. The molecule has 0 bridgehead atoms. The molecule has 0 N–H and O–H groups in total. The van der Waals surface area contributed by atoms with Crippen molar-refractivity contribution in [3.8, 4) is 11.5 Å². The van der Waals surface area contributed by atoms with E-state index in [1.165, 1.54) is 0 Å². The summed E-state index contributed by atoms with van der Waals surface area (Å²) in [5.41, 5.74) is 0.984. The maximum absolute atomic E-state index is 6.11. The first-order valence-electron chi connectivity index (χ1n) is 7.90. The van der Waals surface area contributed by atoms with Gasteiger partial charge in [-0.3, -0.25) is 0 Å². The van der Waals surface area contributed by atoms with Crippen LogP contribution in [-0.2, 0) is 0 Å². The molecule has 0 atom stereocenters. The molecule has 0 spiro atoms. The van der Waals surface area contributed by atoms with E-state index in [1.807, 2.05) is 66.7 Å². The minimum atomic E-state index is 0.650. The van der Waals surface area contributed by atoms with Gasteiger partial charge in [0, 0.05) is 15.4 Å². The molecule has 3 aromatic carbocycles. The van der Waals surface area contributed by atoms with Crippen molar-refractivity contribution < 1.29 is 4.42 Å². The lowest BCUT2D eigenvalue weighted by atomic mass is 10.2. The summed E-state index contributed by atoms with van der Waals surface area (Å²) in [6.45, 7) is 0. The van der Waals surface area contributed by atoms with E-state index in [0.29, 0.717) is 5.89 Å². The van der Waals surface area contributed by atoms with Gasteiger partial charge in [0.15, 0.2) is 10.1 Å². The van der Waals surface area contributed by atoms with Crippen LogP contribution < -0.4 is 0 Å². The van der Waals surface area contributed by atoms with Gasteiger partial charge in [0.25, 0.3) is 0 Å². The highest BCUT2D eigenvalue weighted by atomic mass is 32.2. The van der Waals surface area contributed by atoms with Crippen LogP contribution in [0.15, 0.2) is 115 Å². The molecule has 0 unspecified atom stereocenters. The van der Waals surface area contributed by atoms with E-state index in [1.54, 1.807) is 23.5 Å². The van der Waals surface area contributed by atoms with Gasteiger partial charge in [0.05, 0.1) is 0 Å². The van der Waals surface area contributed by atoms with Crippen LogP contribution in [0.4, 0.5) is 0 Å². The molecule has 0 fully saturated rings. The summed E-state index contributed by atoms with van der Waals surface area (Å²) in [6, 6.07) is 30.5. The van der Waals surface area contributed by atoms with Crippen molar-refractivity contribution in [3.05, 3.63) is 91.0 Å². The van der Waals surface area contributed by atoms with Gasteiger partial charge in [-0.2, -0.15) is 0 Å². The Balaban J connectivity index is 1.70. The number of nitrogens with zero attached hydrogens (tertiary/aromatic N) is 1. The topological polar surface area (TPSA) is 26.0 Å². The van der Waals surface area contributed by atoms with Crippen molar-refractivity contribution >= 4 is 23.5 Å². The predicted octanol–water partition coefficient (Wildman–Crippen LogP) is 6.64. The molecule has 2 nitrogen and oxygen atoms in total. The molecule has 1 heterocycles. The minimum Gasteiger partial charge on any atom is -0.428 e. The van der Waals surface area contributed by atoms with Gasteiger partial charge in [-0.15, -0.1) is 0 Å². The Morgan fingerprint density at radius 3 is 1.72 bits per heavy atom. The molecule has 0 aliphatic heterocycles. The van der Waals surface area contributed by atoms with Crippen molar-refractivity contribution in [2.45, 2.75) is 19.9 Å². The van der Waals surface area contributed by atoms with Gasteiger partial charge >= 0.3 is 0 Å². The van der Waals surface area contributed by atoms with Crippen LogP contribution in [0, 0.1) is 0 Å². The number of oxazole rings is 1. The predicted molar refractivity (Wildman–Crippen MR) is 103 cm³/mol. The highest BCUT2D eigenvalue weighted by Gasteiger charge is 2.17. The summed E-state index contributed by atoms with van der Waals surface area (Å²) in [6.07, 6.45) is 0. The summed E-state index contributed by atoms with van der Waals surface area (Å²) in [4.78, 5) is 7.02. The lowest BCUT2D eigenvalue weighted by Gasteiger charge is -2.01. The van der Waals surface area contributed by atoms with E-state index in [4.69, 9.17) is 9.40 Å². The zero-order valence-corrected chi connectivity index (χ0v) is 15.0. The van der Waals surface area contributed by atoms with Gasteiger partial charge in [-0.05, 0) is 48.2 Å². The molecule has 4 aromatic rings. The first-order chi connectivity index (χ1) is 12.4. The molecule has 0 saturated carbocycles. The zero-order chi connectivity index (χ0) is 16.9. The highest BCUT2D eigenvalue weighted by Crippen LogP contribution is 2.40. The van der Waals surface area contributed by atoms with Crippen molar-refractivity contribution in [1.29, 1.82) is 0 Å². The second-order valence-electron chi connectivity index (χ2n) is 5.31. The Hall–Kier alpha value is -2.43. The number of aromatic nitrogens is 1. The maximum Gasteiger partial charge on any atom is 0.228 e. The Morgan fingerprint density at radius 2 is 1.12 bits per heavy atom. The molecule has 0 aliphatic rings. The fraction of sp³-hybridized carbons (Fsp3) is 0. The highest BCUT2D eigenvalue weighted by molar-refractivity contribution is 8.02. The fourth-order valence-corrected chi connectivity index (χ4v) is 4.10. The molecule has 25 heavy (non-hydrogen) atoms. The summed E-state index contributed by atoms with van der Waals surface area (Å²) in [7, 11) is 0. The largest absolute Gasteiger partial charge is 0.428 e. The van der Waals surface area contributed by atoms with Crippen LogP contribution in [0.25, 0.3) is 11.5 Å². The molecule has 122 valence electrons. The second kappa shape index (κ2) is 7.64. The van der Waals surface area contributed by atoms with Crippen LogP contribution in [0.2, 0.25) is 0 Å². The quantitative estimate of drug-likeness (QED) is 0.398. The van der Waals surface area contributed by atoms with E-state index >= 15 is 0 Å². The average Bonchev–Trinajstić information content (AvgIpc) is 3.06. The molecule has 4 heteroatoms. The fourth-order valence-electron chi connectivity index (χ4n) is 2.32. The van der Waals surface area contributed by atoms with Crippen molar-refractivity contribution in [3.63, 3.8) is 0 Å². The minimum absolute atomic E-state index is 0.650. The smallest absolute Gasteiger partial charge is 0.228 e. The Kier molecular flexibility index (Phi) is 4.91. The number of benzene rings is 3. The lowest BCUT2D eigenvalue weighted by Crippen LogP contribution is -1.78. The third-order valence-electron chi connectivity index (χ3n) is 3.50. The van der Waals surface area contributed by atoms with Crippen LogP contribution in [-0.4, -0.2) is 4.98 Å². The summed E-state index contributed by atoms with van der Waals surface area (Å²) < 4.78 is 6.11. The Labute approximate surface area is 155 Å². The van der Waals surface area contributed by atoms with Crippen LogP contribution in [0.1, 0.15) is 0 Å². The zero-order valence-electron chi connectivity index (χ0n) is 13.3. The Bertz CT molecular complexity index is 879. The third-order valence-corrected chi connectivity index (χ3v) is 5.58. The maximum atomic E-state index is 6.11. The first kappa shape index (κ1) is 16.1. The molecule has 0 radical (unpaired) electrons. The van der Waals surface area contributed by atoms with Crippen molar-refractivity contribution in [1.82, 2.24) is 4.98 Å². The SMILES string of the molecule is c1ccc(Sc2nc(-c3ccccc3)oc2Sc2ccccc2)cc1. The van der Waals surface area contributed by atoms with E-state index in [9.17, 15) is 0 Å². The van der Waals surface area contributed by atoms with Gasteiger partial charge in [-0.1, -0.05) is 66.4 Å². The third kappa shape index (κ3) is 3.98. The van der Waals surface area contributed by atoms with Crippen LogP contribution >= 0.6 is 23.5 Å². The van der Waals surface area contributed by atoms with E-state index in [-0.39, 0.29) is 0 Å². The Morgan fingerprint density at radius 1 is 0.600 bits per heavy atom. The summed E-state index contributed by atoms with van der Waals surface area (Å²) >= 11 is 3.22.